The lowest BCUT2D eigenvalue weighted by Gasteiger charge is -2.29. The van der Waals surface area contributed by atoms with E-state index >= 15 is 0 Å². The van der Waals surface area contributed by atoms with Crippen LogP contribution >= 0.6 is 23.2 Å². The quantitative estimate of drug-likeness (QED) is 0.261. The van der Waals surface area contributed by atoms with E-state index in [0.717, 1.165) is 50.1 Å². The van der Waals surface area contributed by atoms with Gasteiger partial charge < -0.3 is 20.1 Å². The number of likely N-dealkylation sites (tertiary alicyclic amines) is 2. The number of halogens is 2. The van der Waals surface area contributed by atoms with Crippen molar-refractivity contribution >= 4 is 40.6 Å². The summed E-state index contributed by atoms with van der Waals surface area (Å²) in [5, 5.41) is 12.1. The second kappa shape index (κ2) is 11.9. The molecule has 1 aromatic carbocycles. The first-order valence-electron chi connectivity index (χ1n) is 13.4. The lowest BCUT2D eigenvalue weighted by Crippen LogP contribution is -2.43. The van der Waals surface area contributed by atoms with Gasteiger partial charge in [0.1, 0.15) is 5.69 Å². The Labute approximate surface area is 237 Å². The van der Waals surface area contributed by atoms with Crippen molar-refractivity contribution in [3.63, 3.8) is 0 Å². The Kier molecular flexibility index (Phi) is 8.40. The molecule has 2 aliphatic rings. The molecule has 0 spiro atoms. The number of hydrogen-bond donors (Lipinski definition) is 1. The average molecular weight is 572 g/mol. The third kappa shape index (κ3) is 6.21. The summed E-state index contributed by atoms with van der Waals surface area (Å²) in [7, 11) is 0. The van der Waals surface area contributed by atoms with Gasteiger partial charge in [0.05, 0.1) is 4.92 Å². The number of carbonyl (C=O) groups excluding carboxylic acids is 1. The van der Waals surface area contributed by atoms with Crippen LogP contribution in [0.2, 0.25) is 10.0 Å². The van der Waals surface area contributed by atoms with Crippen molar-refractivity contribution in [3.05, 3.63) is 74.1 Å². The van der Waals surface area contributed by atoms with E-state index in [1.54, 1.807) is 18.2 Å². The van der Waals surface area contributed by atoms with Crippen LogP contribution < -0.4 is 5.73 Å². The third-order valence-electron chi connectivity index (χ3n) is 7.65. The lowest BCUT2D eigenvalue weighted by molar-refractivity contribution is -0.384. The molecule has 0 unspecified atom stereocenters. The zero-order valence-electron chi connectivity index (χ0n) is 21.7. The van der Waals surface area contributed by atoms with Crippen molar-refractivity contribution < 1.29 is 9.72 Å². The zero-order chi connectivity index (χ0) is 27.5. The van der Waals surface area contributed by atoms with Gasteiger partial charge in [0.15, 0.2) is 0 Å². The molecule has 206 valence electrons. The molecule has 0 aliphatic carbocycles. The Morgan fingerprint density at radius 2 is 1.90 bits per heavy atom. The molecule has 5 rings (SSSR count). The summed E-state index contributed by atoms with van der Waals surface area (Å²) in [6.07, 6.45) is 7.68. The summed E-state index contributed by atoms with van der Waals surface area (Å²) in [6.45, 7) is 4.46. The van der Waals surface area contributed by atoms with E-state index in [9.17, 15) is 14.9 Å². The second-order valence-corrected chi connectivity index (χ2v) is 11.1. The van der Waals surface area contributed by atoms with E-state index < -0.39 is 4.92 Å². The second-order valence-electron chi connectivity index (χ2n) is 10.3. The molecule has 0 bridgehead atoms. The first kappa shape index (κ1) is 27.4. The number of aromatic nitrogens is 2. The Morgan fingerprint density at radius 3 is 2.62 bits per heavy atom. The number of nitrogens with zero attached hydrogens (tertiary/aromatic N) is 5. The zero-order valence-corrected chi connectivity index (χ0v) is 23.2. The number of nitro groups is 1. The van der Waals surface area contributed by atoms with Gasteiger partial charge in [-0.15, -0.1) is 0 Å². The number of carbonyl (C=O) groups is 1. The van der Waals surface area contributed by atoms with E-state index in [2.05, 4.69) is 9.88 Å². The molecule has 0 saturated carbocycles. The highest BCUT2D eigenvalue weighted by Crippen LogP contribution is 2.33. The molecule has 0 radical (unpaired) electrons. The van der Waals surface area contributed by atoms with Gasteiger partial charge in [-0.3, -0.25) is 14.9 Å². The van der Waals surface area contributed by atoms with E-state index in [0.29, 0.717) is 40.8 Å². The average Bonchev–Trinajstić information content (AvgIpc) is 3.66. The molecule has 2 fully saturated rings. The minimum absolute atomic E-state index is 0.0331. The number of rotatable bonds is 9. The van der Waals surface area contributed by atoms with Crippen molar-refractivity contribution in [1.82, 2.24) is 19.4 Å². The molecule has 2 aliphatic heterocycles. The largest absolute Gasteiger partial charge is 0.378 e. The minimum Gasteiger partial charge on any atom is -0.378 e. The number of hydrogen-bond acceptors (Lipinski definition) is 6. The van der Waals surface area contributed by atoms with Crippen LogP contribution in [0, 0.1) is 10.1 Å². The highest BCUT2D eigenvalue weighted by molar-refractivity contribution is 6.36. The molecule has 1 amide bonds. The summed E-state index contributed by atoms with van der Waals surface area (Å²) >= 11 is 12.6. The number of anilines is 1. The number of amides is 1. The number of benzene rings is 1. The molecule has 2 saturated heterocycles. The number of nitrogen functional groups attached to an aromatic ring is 1. The predicted octanol–water partition coefficient (Wildman–Crippen LogP) is 5.68. The van der Waals surface area contributed by atoms with E-state index in [4.69, 9.17) is 28.9 Å². The summed E-state index contributed by atoms with van der Waals surface area (Å²) in [5.41, 5.74) is 8.54. The van der Waals surface area contributed by atoms with Gasteiger partial charge in [-0.05, 0) is 75.9 Å². The molecule has 11 heteroatoms. The highest BCUT2D eigenvalue weighted by Gasteiger charge is 2.33. The molecular formula is C28H32Cl2N6O3. The van der Waals surface area contributed by atoms with Gasteiger partial charge in [-0.1, -0.05) is 29.3 Å². The van der Waals surface area contributed by atoms with Crippen LogP contribution in [0.5, 0.6) is 0 Å². The van der Waals surface area contributed by atoms with Crippen LogP contribution in [0.4, 0.5) is 11.5 Å². The molecule has 39 heavy (non-hydrogen) atoms. The van der Waals surface area contributed by atoms with E-state index in [1.807, 2.05) is 27.8 Å². The topological polar surface area (TPSA) is 111 Å². The fourth-order valence-electron chi connectivity index (χ4n) is 5.68. The van der Waals surface area contributed by atoms with Crippen molar-refractivity contribution in [2.24, 2.45) is 0 Å². The summed E-state index contributed by atoms with van der Waals surface area (Å²) < 4.78 is 1.99. The Morgan fingerprint density at radius 1 is 1.10 bits per heavy atom. The lowest BCUT2D eigenvalue weighted by atomic mass is 10.1. The normalized spacial score (nSPS) is 17.7. The van der Waals surface area contributed by atoms with Crippen molar-refractivity contribution in [3.8, 4) is 11.1 Å². The monoisotopic (exact) mass is 570 g/mol. The van der Waals surface area contributed by atoms with Crippen molar-refractivity contribution in [2.75, 3.05) is 31.9 Å². The number of aryl methyl sites for hydroxylation is 2. The first-order chi connectivity index (χ1) is 18.8. The maximum absolute atomic E-state index is 14.0. The highest BCUT2D eigenvalue weighted by atomic mass is 35.5. The van der Waals surface area contributed by atoms with Crippen LogP contribution in [0.15, 0.2) is 42.6 Å². The summed E-state index contributed by atoms with van der Waals surface area (Å²) in [4.78, 5) is 33.2. The van der Waals surface area contributed by atoms with E-state index in [1.165, 1.54) is 18.9 Å². The Hall–Kier alpha value is -3.14. The van der Waals surface area contributed by atoms with Crippen LogP contribution in [-0.2, 0) is 13.0 Å². The van der Waals surface area contributed by atoms with Crippen LogP contribution in [0.25, 0.3) is 11.1 Å². The predicted molar refractivity (Wildman–Crippen MR) is 153 cm³/mol. The molecule has 1 atom stereocenters. The Balaban J connectivity index is 1.38. The van der Waals surface area contributed by atoms with Crippen LogP contribution in [-0.4, -0.2) is 62.4 Å². The molecule has 3 aromatic rings. The summed E-state index contributed by atoms with van der Waals surface area (Å²) in [6, 6.07) is 10.5. The van der Waals surface area contributed by atoms with Crippen molar-refractivity contribution in [2.45, 2.75) is 51.1 Å². The fourth-order valence-corrected chi connectivity index (χ4v) is 6.20. The van der Waals surface area contributed by atoms with E-state index in [-0.39, 0.29) is 23.5 Å². The summed E-state index contributed by atoms with van der Waals surface area (Å²) in [5.74, 6) is -0.0576. The number of pyridine rings is 1. The van der Waals surface area contributed by atoms with Crippen LogP contribution in [0.3, 0.4) is 0 Å². The van der Waals surface area contributed by atoms with Crippen molar-refractivity contribution in [1.29, 1.82) is 0 Å². The SMILES string of the molecule is Nc1nc(CCCn2cc(-c3ccc(Cl)cc3Cl)cc2C(=O)N2CCC[C@H]2CN2CCCC2)ccc1[N+](=O)[O-]. The maximum Gasteiger partial charge on any atom is 0.311 e. The third-order valence-corrected chi connectivity index (χ3v) is 8.20. The van der Waals surface area contributed by atoms with Gasteiger partial charge in [0.2, 0.25) is 5.82 Å². The Bertz CT molecular complexity index is 1370. The minimum atomic E-state index is -0.539. The first-order valence-corrected chi connectivity index (χ1v) is 14.1. The van der Waals surface area contributed by atoms with Gasteiger partial charge >= 0.3 is 5.69 Å². The van der Waals surface area contributed by atoms with Gasteiger partial charge in [0.25, 0.3) is 5.91 Å². The maximum atomic E-state index is 14.0. The smallest absolute Gasteiger partial charge is 0.311 e. The standard InChI is InChI=1S/C28H32Cl2N6O3/c29-20-7-9-23(24(30)16-20)19-15-26(28(37)35-14-4-6-22(35)18-33-11-1-2-12-33)34(17-19)13-3-5-21-8-10-25(36(38)39)27(31)32-21/h7-10,15-17,22H,1-6,11-14,18H2,(H2,31,32)/t22-/m0/s1. The van der Waals surface area contributed by atoms with Crippen LogP contribution in [0.1, 0.15) is 48.3 Å². The van der Waals surface area contributed by atoms with Gasteiger partial charge in [0, 0.05) is 64.8 Å². The van der Waals surface area contributed by atoms with Gasteiger partial charge in [-0.25, -0.2) is 4.98 Å². The molecule has 2 N–H and O–H groups in total. The van der Waals surface area contributed by atoms with Gasteiger partial charge in [-0.2, -0.15) is 0 Å². The molecule has 9 nitrogen and oxygen atoms in total. The fraction of sp³-hybridized carbons (Fsp3) is 0.429. The number of nitrogens with two attached hydrogens (primary N) is 1. The molecule has 2 aromatic heterocycles. The molecular weight excluding hydrogens is 539 g/mol. The molecule has 4 heterocycles.